The number of nitrogens with one attached hydrogen (secondary N) is 1. The first-order valence-electron chi connectivity index (χ1n) is 9.53. The molecule has 164 valence electrons. The molecular formula is C21H26N6O4. The van der Waals surface area contributed by atoms with Crippen molar-refractivity contribution in [3.8, 4) is 17.2 Å². The molecule has 6 N–H and O–H groups in total. The molecule has 0 unspecified atom stereocenters. The summed E-state index contributed by atoms with van der Waals surface area (Å²) >= 11 is 0. The summed E-state index contributed by atoms with van der Waals surface area (Å²) in [5.74, 6) is 2.35. The summed E-state index contributed by atoms with van der Waals surface area (Å²) < 4.78 is 16.4. The number of aliphatic hydroxyl groups is 1. The molecule has 0 aliphatic rings. The van der Waals surface area contributed by atoms with E-state index in [1.54, 1.807) is 27.4 Å². The minimum atomic E-state index is -0.0999. The second-order valence-electron chi connectivity index (χ2n) is 6.55. The Morgan fingerprint density at radius 3 is 2.45 bits per heavy atom. The SMILES string of the molecule is COc1ccc(Cc2nc(N=C(N)N)c3ccc(NCCO)cc3n2)c(OC)c1OC. The van der Waals surface area contributed by atoms with Gasteiger partial charge in [0.2, 0.25) is 5.75 Å². The maximum atomic E-state index is 9.06. The molecular weight excluding hydrogens is 400 g/mol. The highest BCUT2D eigenvalue weighted by Crippen LogP contribution is 2.40. The Bertz CT molecular complexity index is 1100. The molecule has 0 radical (unpaired) electrons. The Labute approximate surface area is 179 Å². The van der Waals surface area contributed by atoms with E-state index in [1.807, 2.05) is 24.3 Å². The summed E-state index contributed by atoms with van der Waals surface area (Å²) in [6, 6.07) is 9.20. The van der Waals surface area contributed by atoms with E-state index in [4.69, 9.17) is 30.8 Å². The molecule has 1 heterocycles. The zero-order valence-electron chi connectivity index (χ0n) is 17.7. The van der Waals surface area contributed by atoms with E-state index in [0.717, 1.165) is 11.3 Å². The second-order valence-corrected chi connectivity index (χ2v) is 6.55. The molecule has 0 aliphatic carbocycles. The first kappa shape index (κ1) is 21.9. The zero-order chi connectivity index (χ0) is 22.4. The standard InChI is InChI=1S/C21H26N6O4/c1-29-16-7-4-12(18(30-2)19(16)31-3)10-17-25-15-11-13(24-8-9-28)5-6-14(15)20(26-17)27-21(22)23/h4-7,11,24,28H,8-10H2,1-3H3,(H4,22,23,25,26,27). The summed E-state index contributed by atoms with van der Waals surface area (Å²) in [6.45, 7) is 0.443. The molecule has 0 aliphatic heterocycles. The number of benzene rings is 2. The lowest BCUT2D eigenvalue weighted by Crippen LogP contribution is -2.22. The molecule has 0 amide bonds. The van der Waals surface area contributed by atoms with Gasteiger partial charge in [-0.25, -0.2) is 9.97 Å². The third kappa shape index (κ3) is 4.86. The Balaban J connectivity index is 2.10. The van der Waals surface area contributed by atoms with Gasteiger partial charge in [-0.3, -0.25) is 0 Å². The van der Waals surface area contributed by atoms with E-state index in [-0.39, 0.29) is 12.6 Å². The Morgan fingerprint density at radius 2 is 1.81 bits per heavy atom. The number of ether oxygens (including phenoxy) is 3. The average Bonchev–Trinajstić information content (AvgIpc) is 2.76. The topological polar surface area (TPSA) is 150 Å². The van der Waals surface area contributed by atoms with Crippen LogP contribution in [-0.4, -0.2) is 55.5 Å². The van der Waals surface area contributed by atoms with Gasteiger partial charge in [-0.05, 0) is 24.3 Å². The minimum Gasteiger partial charge on any atom is -0.493 e. The van der Waals surface area contributed by atoms with Crippen LogP contribution < -0.4 is 31.0 Å². The number of anilines is 1. The highest BCUT2D eigenvalue weighted by molar-refractivity contribution is 5.92. The maximum absolute atomic E-state index is 9.06. The molecule has 31 heavy (non-hydrogen) atoms. The van der Waals surface area contributed by atoms with E-state index in [1.165, 1.54) is 0 Å². The van der Waals surface area contributed by atoms with Crippen LogP contribution in [0.5, 0.6) is 17.2 Å². The predicted molar refractivity (Wildman–Crippen MR) is 119 cm³/mol. The van der Waals surface area contributed by atoms with Gasteiger partial charge in [0.25, 0.3) is 0 Å². The summed E-state index contributed by atoms with van der Waals surface area (Å²) in [4.78, 5) is 13.4. The van der Waals surface area contributed by atoms with Gasteiger partial charge in [0.15, 0.2) is 23.3 Å². The number of nitrogens with zero attached hydrogens (tertiary/aromatic N) is 3. The maximum Gasteiger partial charge on any atom is 0.203 e. The normalized spacial score (nSPS) is 10.6. The highest BCUT2D eigenvalue weighted by Gasteiger charge is 2.18. The van der Waals surface area contributed by atoms with Crippen LogP contribution in [0.3, 0.4) is 0 Å². The van der Waals surface area contributed by atoms with Crippen molar-refractivity contribution in [2.75, 3.05) is 39.8 Å². The van der Waals surface area contributed by atoms with Gasteiger partial charge in [-0.2, -0.15) is 4.99 Å². The second kappa shape index (κ2) is 9.81. The van der Waals surface area contributed by atoms with Crippen molar-refractivity contribution in [3.63, 3.8) is 0 Å². The summed E-state index contributed by atoms with van der Waals surface area (Å²) in [5.41, 5.74) is 13.5. The third-order valence-corrected chi connectivity index (χ3v) is 4.53. The first-order chi connectivity index (χ1) is 15.0. The van der Waals surface area contributed by atoms with E-state index < -0.39 is 0 Å². The molecule has 0 spiro atoms. The summed E-state index contributed by atoms with van der Waals surface area (Å²) in [6.07, 6.45) is 0.348. The fourth-order valence-corrected chi connectivity index (χ4v) is 3.23. The van der Waals surface area contributed by atoms with Gasteiger partial charge in [-0.1, -0.05) is 6.07 Å². The third-order valence-electron chi connectivity index (χ3n) is 4.53. The van der Waals surface area contributed by atoms with Crippen molar-refractivity contribution >= 4 is 28.4 Å². The van der Waals surface area contributed by atoms with Crippen molar-refractivity contribution in [1.82, 2.24) is 9.97 Å². The number of hydrogen-bond acceptors (Lipinski definition) is 8. The first-order valence-corrected chi connectivity index (χ1v) is 9.53. The van der Waals surface area contributed by atoms with Crippen molar-refractivity contribution < 1.29 is 19.3 Å². The number of aliphatic hydroxyl groups excluding tert-OH is 1. The van der Waals surface area contributed by atoms with Gasteiger partial charge in [0, 0.05) is 29.6 Å². The van der Waals surface area contributed by atoms with Gasteiger partial charge in [0.1, 0.15) is 5.82 Å². The Hall–Kier alpha value is -3.79. The largest absolute Gasteiger partial charge is 0.493 e. The lowest BCUT2D eigenvalue weighted by atomic mass is 10.1. The number of aliphatic imine (C=N–C) groups is 1. The average molecular weight is 426 g/mol. The Kier molecular flexibility index (Phi) is 6.93. The minimum absolute atomic E-state index is 0.0193. The number of nitrogens with two attached hydrogens (primary N) is 2. The summed E-state index contributed by atoms with van der Waals surface area (Å²) in [7, 11) is 4.67. The molecule has 0 saturated heterocycles. The molecule has 0 atom stereocenters. The quantitative estimate of drug-likeness (QED) is 0.295. The molecule has 3 aromatic rings. The number of aromatic nitrogens is 2. The van der Waals surface area contributed by atoms with E-state index in [9.17, 15) is 0 Å². The predicted octanol–water partition coefficient (Wildman–Crippen LogP) is 1.56. The van der Waals surface area contributed by atoms with Crippen molar-refractivity contribution in [2.45, 2.75) is 6.42 Å². The fraction of sp³-hybridized carbons (Fsp3) is 0.286. The number of rotatable bonds is 9. The zero-order valence-corrected chi connectivity index (χ0v) is 17.7. The van der Waals surface area contributed by atoms with Crippen LogP contribution in [-0.2, 0) is 6.42 Å². The van der Waals surface area contributed by atoms with Crippen LogP contribution >= 0.6 is 0 Å². The van der Waals surface area contributed by atoms with Crippen molar-refractivity contribution in [1.29, 1.82) is 0 Å². The number of methoxy groups -OCH3 is 3. The van der Waals surface area contributed by atoms with E-state index in [0.29, 0.717) is 52.8 Å². The van der Waals surface area contributed by atoms with Gasteiger partial charge < -0.3 is 36.1 Å². The molecule has 1 aromatic heterocycles. The van der Waals surface area contributed by atoms with Crippen LogP contribution in [0.1, 0.15) is 11.4 Å². The molecule has 3 rings (SSSR count). The lowest BCUT2D eigenvalue weighted by molar-refractivity contribution is 0.311. The van der Waals surface area contributed by atoms with Crippen LogP contribution in [0.15, 0.2) is 35.3 Å². The van der Waals surface area contributed by atoms with Crippen molar-refractivity contribution in [3.05, 3.63) is 41.7 Å². The van der Waals surface area contributed by atoms with Crippen LogP contribution in [0.2, 0.25) is 0 Å². The van der Waals surface area contributed by atoms with Crippen molar-refractivity contribution in [2.24, 2.45) is 16.5 Å². The van der Waals surface area contributed by atoms with E-state index in [2.05, 4.69) is 20.3 Å². The van der Waals surface area contributed by atoms with Crippen LogP contribution in [0.4, 0.5) is 11.5 Å². The molecule has 10 nitrogen and oxygen atoms in total. The molecule has 0 fully saturated rings. The molecule has 0 bridgehead atoms. The van der Waals surface area contributed by atoms with Gasteiger partial charge in [0.05, 0.1) is 33.5 Å². The molecule has 10 heteroatoms. The smallest absolute Gasteiger partial charge is 0.203 e. The van der Waals surface area contributed by atoms with Gasteiger partial charge in [-0.15, -0.1) is 0 Å². The Morgan fingerprint density at radius 1 is 1.03 bits per heavy atom. The lowest BCUT2D eigenvalue weighted by Gasteiger charge is -2.15. The monoisotopic (exact) mass is 426 g/mol. The van der Waals surface area contributed by atoms with Crippen LogP contribution in [0.25, 0.3) is 10.9 Å². The van der Waals surface area contributed by atoms with Gasteiger partial charge >= 0.3 is 0 Å². The fourth-order valence-electron chi connectivity index (χ4n) is 3.23. The highest BCUT2D eigenvalue weighted by atomic mass is 16.5. The number of guanidine groups is 1. The molecule has 0 saturated carbocycles. The van der Waals surface area contributed by atoms with Crippen LogP contribution in [0, 0.1) is 0 Å². The number of fused-ring (bicyclic) bond motifs is 1. The summed E-state index contributed by atoms with van der Waals surface area (Å²) in [5, 5.41) is 12.9. The van der Waals surface area contributed by atoms with E-state index >= 15 is 0 Å². The number of hydrogen-bond donors (Lipinski definition) is 4. The molecule has 2 aromatic carbocycles.